The number of rotatable bonds is 16. The van der Waals surface area contributed by atoms with Crippen LogP contribution in [0.4, 0.5) is 0 Å². The van der Waals surface area contributed by atoms with E-state index in [-0.39, 0.29) is 0 Å². The molecule has 0 amide bonds. The Morgan fingerprint density at radius 1 is 0.714 bits per heavy atom. The quantitative estimate of drug-likeness (QED) is 0.251. The minimum absolute atomic E-state index is 0.319. The van der Waals surface area contributed by atoms with Gasteiger partial charge in [-0.25, -0.2) is 0 Å². The largest absolute Gasteiger partial charge is 0.316 e. The van der Waals surface area contributed by atoms with Crippen LogP contribution in [0.2, 0.25) is 0 Å². The first-order chi connectivity index (χ1) is 10.2. The molecule has 0 aromatic heterocycles. The monoisotopic (exact) mass is 317 g/mol. The highest BCUT2D eigenvalue weighted by atomic mass is 35.5. The van der Waals surface area contributed by atoms with Crippen LogP contribution >= 0.6 is 11.6 Å². The lowest BCUT2D eigenvalue weighted by Crippen LogP contribution is -2.35. The summed E-state index contributed by atoms with van der Waals surface area (Å²) in [5, 5.41) is 3.62. The molecule has 1 N–H and O–H groups in total. The number of unbranched alkanes of at least 4 members (excludes halogenated alkanes) is 9. The molecular weight excluding hydrogens is 278 g/mol. The lowest BCUT2D eigenvalue weighted by Gasteiger charge is -2.29. The van der Waals surface area contributed by atoms with Gasteiger partial charge in [0.2, 0.25) is 0 Å². The van der Waals surface area contributed by atoms with Gasteiger partial charge in [-0.3, -0.25) is 0 Å². The predicted molar refractivity (Wildman–Crippen MR) is 98.4 cm³/mol. The Bertz CT molecular complexity index is 193. The van der Waals surface area contributed by atoms with Gasteiger partial charge in [-0.15, -0.1) is 11.6 Å². The fourth-order valence-corrected chi connectivity index (χ4v) is 3.30. The van der Waals surface area contributed by atoms with E-state index < -0.39 is 0 Å². The van der Waals surface area contributed by atoms with Gasteiger partial charge in [0.15, 0.2) is 0 Å². The maximum Gasteiger partial charge on any atom is 0.0291 e. The van der Waals surface area contributed by atoms with Gasteiger partial charge in [-0.2, -0.15) is 0 Å². The van der Waals surface area contributed by atoms with Crippen LogP contribution < -0.4 is 5.32 Å². The molecule has 2 heteroatoms. The summed E-state index contributed by atoms with van der Waals surface area (Å²) in [6, 6.07) is 0. The van der Waals surface area contributed by atoms with Gasteiger partial charge < -0.3 is 5.32 Å². The average molecular weight is 318 g/mol. The Labute approximate surface area is 139 Å². The van der Waals surface area contributed by atoms with E-state index in [1.165, 1.54) is 77.0 Å². The third-order valence-electron chi connectivity index (χ3n) is 4.99. The predicted octanol–water partition coefficient (Wildman–Crippen LogP) is 6.54. The summed E-state index contributed by atoms with van der Waals surface area (Å²) in [7, 11) is 0. The van der Waals surface area contributed by atoms with E-state index in [0.717, 1.165) is 19.0 Å². The van der Waals surface area contributed by atoms with E-state index >= 15 is 0 Å². The number of hydrogen-bond acceptors (Lipinski definition) is 1. The number of alkyl halides is 1. The van der Waals surface area contributed by atoms with Crippen LogP contribution in [0.15, 0.2) is 0 Å². The molecule has 0 bridgehead atoms. The van der Waals surface area contributed by atoms with E-state index in [2.05, 4.69) is 26.1 Å². The molecule has 128 valence electrons. The molecule has 0 aliphatic carbocycles. The average Bonchev–Trinajstić information content (AvgIpc) is 2.53. The van der Waals surface area contributed by atoms with Crippen molar-refractivity contribution in [3.05, 3.63) is 0 Å². The SMILES string of the molecule is CCCCCCCCCCCCNCC(CC)(CC)CCl. The van der Waals surface area contributed by atoms with Crippen molar-refractivity contribution in [1.82, 2.24) is 5.32 Å². The van der Waals surface area contributed by atoms with Gasteiger partial charge in [0.05, 0.1) is 0 Å². The van der Waals surface area contributed by atoms with Crippen LogP contribution in [0.1, 0.15) is 97.8 Å². The van der Waals surface area contributed by atoms with Crippen molar-refractivity contribution in [2.45, 2.75) is 97.8 Å². The molecule has 1 nitrogen and oxygen atoms in total. The van der Waals surface area contributed by atoms with Crippen LogP contribution in [0.3, 0.4) is 0 Å². The molecular formula is C19H40ClN. The fourth-order valence-electron chi connectivity index (χ4n) is 2.83. The normalized spacial score (nSPS) is 12.0. The maximum absolute atomic E-state index is 6.13. The van der Waals surface area contributed by atoms with E-state index in [1.807, 2.05) is 0 Å². The summed E-state index contributed by atoms with van der Waals surface area (Å²) < 4.78 is 0. The van der Waals surface area contributed by atoms with Gasteiger partial charge in [-0.1, -0.05) is 78.6 Å². The molecule has 0 unspecified atom stereocenters. The smallest absolute Gasteiger partial charge is 0.0291 e. The summed E-state index contributed by atoms with van der Waals surface area (Å²) in [6.07, 6.45) is 16.5. The van der Waals surface area contributed by atoms with Crippen molar-refractivity contribution < 1.29 is 0 Å². The van der Waals surface area contributed by atoms with Crippen molar-refractivity contribution in [1.29, 1.82) is 0 Å². The van der Waals surface area contributed by atoms with Crippen LogP contribution in [0.25, 0.3) is 0 Å². The number of hydrogen-bond donors (Lipinski definition) is 1. The fraction of sp³-hybridized carbons (Fsp3) is 1.00. The third-order valence-corrected chi connectivity index (χ3v) is 5.56. The zero-order valence-electron chi connectivity index (χ0n) is 15.0. The standard InChI is InChI=1S/C19H40ClN/c1-4-7-8-9-10-11-12-13-14-15-16-21-18-19(5-2,6-3)17-20/h21H,4-18H2,1-3H3. The van der Waals surface area contributed by atoms with Gasteiger partial charge >= 0.3 is 0 Å². The number of halogens is 1. The molecule has 0 atom stereocenters. The molecule has 0 rings (SSSR count). The second-order valence-electron chi connectivity index (χ2n) is 6.70. The first kappa shape index (κ1) is 21.2. The van der Waals surface area contributed by atoms with Gasteiger partial charge in [-0.05, 0) is 31.2 Å². The van der Waals surface area contributed by atoms with E-state index in [0.29, 0.717) is 5.41 Å². The summed E-state index contributed by atoms with van der Waals surface area (Å²) >= 11 is 6.13. The molecule has 0 heterocycles. The van der Waals surface area contributed by atoms with Crippen molar-refractivity contribution in [2.24, 2.45) is 5.41 Å². The molecule has 21 heavy (non-hydrogen) atoms. The Hall–Kier alpha value is 0.250. The number of nitrogens with one attached hydrogen (secondary N) is 1. The molecule has 0 aromatic rings. The van der Waals surface area contributed by atoms with Crippen molar-refractivity contribution >= 4 is 11.6 Å². The molecule has 0 aliphatic rings. The summed E-state index contributed by atoms with van der Waals surface area (Å²) in [5.74, 6) is 0.783. The first-order valence-electron chi connectivity index (χ1n) is 9.51. The van der Waals surface area contributed by atoms with Gasteiger partial charge in [0, 0.05) is 12.4 Å². The highest BCUT2D eigenvalue weighted by Gasteiger charge is 2.24. The molecule has 0 fully saturated rings. The Kier molecular flexibility index (Phi) is 15.3. The maximum atomic E-state index is 6.13. The lowest BCUT2D eigenvalue weighted by atomic mass is 9.84. The van der Waals surface area contributed by atoms with Gasteiger partial charge in [0.1, 0.15) is 0 Å². The van der Waals surface area contributed by atoms with Crippen LogP contribution in [-0.4, -0.2) is 19.0 Å². The van der Waals surface area contributed by atoms with Crippen LogP contribution in [0, 0.1) is 5.41 Å². The molecule has 0 aromatic carbocycles. The Morgan fingerprint density at radius 3 is 1.62 bits per heavy atom. The molecule has 0 saturated carbocycles. The van der Waals surface area contributed by atoms with E-state index in [1.54, 1.807) is 0 Å². The zero-order valence-corrected chi connectivity index (χ0v) is 15.7. The summed E-state index contributed by atoms with van der Waals surface area (Å²) in [4.78, 5) is 0. The minimum atomic E-state index is 0.319. The van der Waals surface area contributed by atoms with Crippen molar-refractivity contribution in [3.63, 3.8) is 0 Å². The van der Waals surface area contributed by atoms with Crippen molar-refractivity contribution in [3.8, 4) is 0 Å². The minimum Gasteiger partial charge on any atom is -0.316 e. The van der Waals surface area contributed by atoms with Crippen LogP contribution in [0.5, 0.6) is 0 Å². The topological polar surface area (TPSA) is 12.0 Å². The lowest BCUT2D eigenvalue weighted by molar-refractivity contribution is 0.286. The molecule has 0 spiro atoms. The Balaban J connectivity index is 3.29. The van der Waals surface area contributed by atoms with E-state index in [9.17, 15) is 0 Å². The van der Waals surface area contributed by atoms with Crippen molar-refractivity contribution in [2.75, 3.05) is 19.0 Å². The molecule has 0 saturated heterocycles. The van der Waals surface area contributed by atoms with Crippen LogP contribution in [-0.2, 0) is 0 Å². The molecule has 0 aliphatic heterocycles. The zero-order chi connectivity index (χ0) is 15.8. The highest BCUT2D eigenvalue weighted by Crippen LogP contribution is 2.26. The second-order valence-corrected chi connectivity index (χ2v) is 6.97. The van der Waals surface area contributed by atoms with Gasteiger partial charge in [0.25, 0.3) is 0 Å². The first-order valence-corrected chi connectivity index (χ1v) is 10.0. The summed E-state index contributed by atoms with van der Waals surface area (Å²) in [5.41, 5.74) is 0.319. The Morgan fingerprint density at radius 2 is 1.19 bits per heavy atom. The highest BCUT2D eigenvalue weighted by molar-refractivity contribution is 6.18. The summed E-state index contributed by atoms with van der Waals surface area (Å²) in [6.45, 7) is 9.05. The van der Waals surface area contributed by atoms with E-state index in [4.69, 9.17) is 11.6 Å². The second kappa shape index (κ2) is 15.2. The molecule has 0 radical (unpaired) electrons. The third kappa shape index (κ3) is 11.5.